The van der Waals surface area contributed by atoms with E-state index in [9.17, 15) is 13.2 Å². The summed E-state index contributed by atoms with van der Waals surface area (Å²) in [5, 5.41) is 3.12. The van der Waals surface area contributed by atoms with Crippen LogP contribution < -0.4 is 0 Å². The van der Waals surface area contributed by atoms with E-state index in [2.05, 4.69) is 12.3 Å². The van der Waals surface area contributed by atoms with Crippen molar-refractivity contribution in [3.63, 3.8) is 0 Å². The molecule has 0 saturated carbocycles. The van der Waals surface area contributed by atoms with E-state index in [1.54, 1.807) is 40.1 Å². The summed E-state index contributed by atoms with van der Waals surface area (Å²) >= 11 is 3.27. The van der Waals surface area contributed by atoms with E-state index < -0.39 is 15.4 Å². The molecule has 0 aliphatic rings. The number of carbonyl (C=O) groups excluding carboxylic acids is 1. The van der Waals surface area contributed by atoms with Gasteiger partial charge in [0.05, 0.1) is 15.6 Å². The summed E-state index contributed by atoms with van der Waals surface area (Å²) in [7, 11) is -3.17. The number of ether oxygens (including phenoxy) is 1. The molecule has 1 aromatic carbocycles. The zero-order valence-corrected chi connectivity index (χ0v) is 21.5. The quantitative estimate of drug-likeness (QED) is 0.432. The second kappa shape index (κ2) is 10.8. The van der Waals surface area contributed by atoms with Gasteiger partial charge in [-0.15, -0.1) is 23.1 Å². The highest BCUT2D eigenvalue weighted by atomic mass is 32.2. The number of nitrogens with zero attached hydrogens (tertiary/aromatic N) is 2. The number of thiazole rings is 1. The topological polar surface area (TPSA) is 76.6 Å². The molecule has 0 radical (unpaired) electrons. The zero-order chi connectivity index (χ0) is 23.2. The third kappa shape index (κ3) is 8.46. The monoisotopic (exact) mass is 484 g/mol. The summed E-state index contributed by atoms with van der Waals surface area (Å²) in [5.41, 5.74) is 0.506. The Bertz CT molecular complexity index is 963. The number of rotatable bonds is 9. The Labute approximate surface area is 194 Å². The fraction of sp³-hybridized carbons (Fsp3) is 0.545. The molecule has 1 atom stereocenters. The smallest absolute Gasteiger partial charge is 0.410 e. The van der Waals surface area contributed by atoms with Crippen molar-refractivity contribution in [2.75, 3.05) is 19.3 Å². The van der Waals surface area contributed by atoms with Crippen LogP contribution in [0.1, 0.15) is 57.7 Å². The first-order valence-corrected chi connectivity index (χ1v) is 14.0. The Morgan fingerprint density at radius 2 is 1.90 bits per heavy atom. The zero-order valence-electron chi connectivity index (χ0n) is 19.0. The predicted molar refractivity (Wildman–Crippen MR) is 128 cm³/mol. The van der Waals surface area contributed by atoms with Gasteiger partial charge < -0.3 is 9.64 Å². The average Bonchev–Trinajstić information content (AvgIpc) is 3.14. The van der Waals surface area contributed by atoms with Gasteiger partial charge in [-0.1, -0.05) is 6.92 Å². The van der Waals surface area contributed by atoms with Crippen LogP contribution in [0.5, 0.6) is 0 Å². The molecule has 0 N–H and O–H groups in total. The Morgan fingerprint density at radius 1 is 1.26 bits per heavy atom. The molecule has 0 saturated heterocycles. The Kier molecular flexibility index (Phi) is 8.97. The Balaban J connectivity index is 1.87. The van der Waals surface area contributed by atoms with Gasteiger partial charge in [-0.2, -0.15) is 0 Å². The van der Waals surface area contributed by atoms with E-state index in [-0.39, 0.29) is 12.0 Å². The molecule has 1 amide bonds. The third-order valence-corrected chi connectivity index (χ3v) is 7.79. The molecule has 0 aliphatic heterocycles. The van der Waals surface area contributed by atoms with Crippen molar-refractivity contribution in [1.82, 2.24) is 9.88 Å². The Hall–Kier alpha value is -1.58. The molecule has 172 valence electrons. The molecule has 0 aliphatic carbocycles. The first-order chi connectivity index (χ1) is 14.4. The molecule has 31 heavy (non-hydrogen) atoms. The number of carbonyl (C=O) groups is 1. The SMILES string of the molecule is CCN(CCC(C)c1nc(CSc2ccc(S(C)(=O)=O)cc2)cs1)C(=O)OC(C)(C)C. The highest BCUT2D eigenvalue weighted by molar-refractivity contribution is 7.98. The van der Waals surface area contributed by atoms with Crippen LogP contribution in [0.3, 0.4) is 0 Å². The minimum absolute atomic E-state index is 0.245. The lowest BCUT2D eigenvalue weighted by Gasteiger charge is -2.27. The second-order valence-electron chi connectivity index (χ2n) is 8.46. The van der Waals surface area contributed by atoms with E-state index in [4.69, 9.17) is 9.72 Å². The lowest BCUT2D eigenvalue weighted by atomic mass is 10.1. The summed E-state index contributed by atoms with van der Waals surface area (Å²) in [6, 6.07) is 6.92. The summed E-state index contributed by atoms with van der Waals surface area (Å²) < 4.78 is 28.6. The second-order valence-corrected chi connectivity index (χ2v) is 12.4. The first-order valence-electron chi connectivity index (χ1n) is 10.2. The number of thioether (sulfide) groups is 1. The van der Waals surface area contributed by atoms with Crippen LogP contribution in [-0.2, 0) is 20.3 Å². The largest absolute Gasteiger partial charge is 0.444 e. The number of aromatic nitrogens is 1. The molecule has 1 aromatic heterocycles. The van der Waals surface area contributed by atoms with E-state index in [1.165, 1.54) is 6.26 Å². The summed E-state index contributed by atoms with van der Waals surface area (Å²) in [6.45, 7) is 10.9. The standard InChI is InChI=1S/C22H32N2O4S3/c1-7-24(21(25)28-22(3,4)5)13-12-16(2)20-23-17(15-30-20)14-29-18-8-10-19(11-9-18)31(6,26)27/h8-11,15-16H,7,12-14H2,1-6H3. The summed E-state index contributed by atoms with van der Waals surface area (Å²) in [5.74, 6) is 0.967. The summed E-state index contributed by atoms with van der Waals surface area (Å²) in [6.07, 6.45) is 1.75. The van der Waals surface area contributed by atoms with Crippen molar-refractivity contribution < 1.29 is 17.9 Å². The Morgan fingerprint density at radius 3 is 2.45 bits per heavy atom. The number of hydrogen-bond donors (Lipinski definition) is 0. The van der Waals surface area contributed by atoms with Gasteiger partial charge in [0, 0.05) is 41.3 Å². The van der Waals surface area contributed by atoms with Crippen molar-refractivity contribution in [1.29, 1.82) is 0 Å². The van der Waals surface area contributed by atoms with Crippen molar-refractivity contribution in [2.45, 2.75) is 68.1 Å². The molecular weight excluding hydrogens is 452 g/mol. The first kappa shape index (κ1) is 25.7. The van der Waals surface area contributed by atoms with Gasteiger partial charge in [0.1, 0.15) is 5.60 Å². The van der Waals surface area contributed by atoms with Gasteiger partial charge in [0.2, 0.25) is 0 Å². The van der Waals surface area contributed by atoms with Crippen molar-refractivity contribution in [3.8, 4) is 0 Å². The van der Waals surface area contributed by atoms with Crippen LogP contribution in [0.2, 0.25) is 0 Å². The molecule has 0 bridgehead atoms. The van der Waals surface area contributed by atoms with Gasteiger partial charge >= 0.3 is 6.09 Å². The molecule has 2 aromatic rings. The maximum Gasteiger partial charge on any atom is 0.410 e. The number of benzene rings is 1. The van der Waals surface area contributed by atoms with Gasteiger partial charge in [-0.3, -0.25) is 0 Å². The van der Waals surface area contributed by atoms with Crippen LogP contribution >= 0.6 is 23.1 Å². The van der Waals surface area contributed by atoms with E-state index in [0.29, 0.717) is 18.0 Å². The van der Waals surface area contributed by atoms with Gasteiger partial charge in [-0.25, -0.2) is 18.2 Å². The molecular formula is C22H32N2O4S3. The maximum absolute atomic E-state index is 12.3. The van der Waals surface area contributed by atoms with Crippen LogP contribution in [0.15, 0.2) is 39.4 Å². The van der Waals surface area contributed by atoms with Crippen LogP contribution in [0.25, 0.3) is 0 Å². The third-order valence-electron chi connectivity index (χ3n) is 4.50. The van der Waals surface area contributed by atoms with E-state index in [1.807, 2.05) is 39.8 Å². The fourth-order valence-corrected chi connectivity index (χ4v) is 5.17. The van der Waals surface area contributed by atoms with E-state index in [0.717, 1.165) is 27.8 Å². The van der Waals surface area contributed by atoms with E-state index >= 15 is 0 Å². The normalized spacial score (nSPS) is 13.1. The van der Waals surface area contributed by atoms with Gasteiger partial charge in [-0.05, 0) is 58.4 Å². The summed E-state index contributed by atoms with van der Waals surface area (Å²) in [4.78, 5) is 20.1. The van der Waals surface area contributed by atoms with Crippen LogP contribution in [0, 0.1) is 0 Å². The lowest BCUT2D eigenvalue weighted by Crippen LogP contribution is -2.37. The van der Waals surface area contributed by atoms with Crippen molar-refractivity contribution >= 4 is 39.0 Å². The van der Waals surface area contributed by atoms with Crippen molar-refractivity contribution in [2.24, 2.45) is 0 Å². The minimum atomic E-state index is -3.17. The highest BCUT2D eigenvalue weighted by Crippen LogP contribution is 2.28. The molecule has 0 fully saturated rings. The van der Waals surface area contributed by atoms with Crippen LogP contribution in [0.4, 0.5) is 4.79 Å². The molecule has 1 heterocycles. The van der Waals surface area contributed by atoms with Gasteiger partial charge in [0.15, 0.2) is 9.84 Å². The molecule has 6 nitrogen and oxygen atoms in total. The predicted octanol–water partition coefficient (Wildman–Crippen LogP) is 5.59. The highest BCUT2D eigenvalue weighted by Gasteiger charge is 2.22. The fourth-order valence-electron chi connectivity index (χ4n) is 2.73. The van der Waals surface area contributed by atoms with Crippen molar-refractivity contribution in [3.05, 3.63) is 40.3 Å². The molecule has 9 heteroatoms. The average molecular weight is 485 g/mol. The van der Waals surface area contributed by atoms with Gasteiger partial charge in [0.25, 0.3) is 0 Å². The minimum Gasteiger partial charge on any atom is -0.444 e. The number of sulfone groups is 1. The maximum atomic E-state index is 12.3. The molecule has 0 spiro atoms. The number of amides is 1. The molecule has 2 rings (SSSR count). The lowest BCUT2D eigenvalue weighted by molar-refractivity contribution is 0.0256. The molecule has 1 unspecified atom stereocenters. The van der Waals surface area contributed by atoms with Crippen LogP contribution in [-0.4, -0.2) is 49.3 Å². The number of hydrogen-bond acceptors (Lipinski definition) is 7.